The monoisotopic (exact) mass is 382 g/mol. The van der Waals surface area contributed by atoms with Crippen LogP contribution in [0.25, 0.3) is 0 Å². The number of halogens is 2. The number of nitrogens with zero attached hydrogens (tertiary/aromatic N) is 1. The number of pyridine rings is 1. The van der Waals surface area contributed by atoms with Gasteiger partial charge in [-0.1, -0.05) is 35.0 Å². The summed E-state index contributed by atoms with van der Waals surface area (Å²) in [4.78, 5) is 4.18. The van der Waals surface area contributed by atoms with Gasteiger partial charge < -0.3 is 5.32 Å². The van der Waals surface area contributed by atoms with Crippen LogP contribution in [0.15, 0.2) is 51.7 Å². The molecule has 19 heavy (non-hydrogen) atoms. The van der Waals surface area contributed by atoms with Crippen LogP contribution in [0.4, 0.5) is 0 Å². The predicted molar refractivity (Wildman–Crippen MR) is 86.0 cm³/mol. The summed E-state index contributed by atoms with van der Waals surface area (Å²) in [6.07, 6.45) is 4.75. The summed E-state index contributed by atoms with van der Waals surface area (Å²) in [6.45, 7) is 3.01. The molecule has 2 rings (SSSR count). The standard InChI is InChI=1S/C15H16Br2N2/c1-2-15(12-3-5-13(16)6-4-12)19-9-11-7-14(17)10-18-8-11/h3-8,10,15,19H,2,9H2,1H3. The Labute approximate surface area is 130 Å². The van der Waals surface area contributed by atoms with Crippen LogP contribution in [0.3, 0.4) is 0 Å². The molecule has 1 atom stereocenters. The molecule has 1 aromatic heterocycles. The second-order valence-corrected chi connectivity index (χ2v) is 6.24. The molecule has 0 radical (unpaired) electrons. The molecule has 2 aromatic rings. The zero-order chi connectivity index (χ0) is 13.7. The average Bonchev–Trinajstić information content (AvgIpc) is 2.41. The molecule has 4 heteroatoms. The summed E-state index contributed by atoms with van der Waals surface area (Å²) >= 11 is 6.91. The fraction of sp³-hybridized carbons (Fsp3) is 0.267. The van der Waals surface area contributed by atoms with Crippen molar-refractivity contribution in [3.63, 3.8) is 0 Å². The maximum absolute atomic E-state index is 4.18. The molecule has 0 fully saturated rings. The van der Waals surface area contributed by atoms with Gasteiger partial charge in [-0.3, -0.25) is 4.98 Å². The highest BCUT2D eigenvalue weighted by Crippen LogP contribution is 2.20. The first-order chi connectivity index (χ1) is 9.19. The van der Waals surface area contributed by atoms with E-state index in [1.807, 2.05) is 6.20 Å². The third kappa shape index (κ3) is 4.41. The minimum atomic E-state index is 0.368. The van der Waals surface area contributed by atoms with Gasteiger partial charge in [0.2, 0.25) is 0 Å². The van der Waals surface area contributed by atoms with Crippen molar-refractivity contribution in [1.29, 1.82) is 0 Å². The number of hydrogen-bond donors (Lipinski definition) is 1. The molecular weight excluding hydrogens is 368 g/mol. The van der Waals surface area contributed by atoms with E-state index in [0.29, 0.717) is 6.04 Å². The Bertz CT molecular complexity index is 526. The van der Waals surface area contributed by atoms with Gasteiger partial charge in [-0.25, -0.2) is 0 Å². The Hall–Kier alpha value is -0.710. The summed E-state index contributed by atoms with van der Waals surface area (Å²) in [5.74, 6) is 0. The van der Waals surface area contributed by atoms with Crippen LogP contribution in [0, 0.1) is 0 Å². The summed E-state index contributed by atoms with van der Waals surface area (Å²) in [5, 5.41) is 3.57. The van der Waals surface area contributed by atoms with Crippen molar-refractivity contribution < 1.29 is 0 Å². The fourth-order valence-electron chi connectivity index (χ4n) is 1.99. The van der Waals surface area contributed by atoms with Gasteiger partial charge in [0.05, 0.1) is 0 Å². The number of rotatable bonds is 5. The average molecular weight is 384 g/mol. The van der Waals surface area contributed by atoms with Crippen LogP contribution in [-0.2, 0) is 6.54 Å². The maximum Gasteiger partial charge on any atom is 0.0410 e. The van der Waals surface area contributed by atoms with E-state index < -0.39 is 0 Å². The van der Waals surface area contributed by atoms with E-state index in [1.54, 1.807) is 6.20 Å². The van der Waals surface area contributed by atoms with E-state index in [-0.39, 0.29) is 0 Å². The van der Waals surface area contributed by atoms with Gasteiger partial charge in [0.15, 0.2) is 0 Å². The molecule has 0 saturated heterocycles. The number of aromatic nitrogens is 1. The van der Waals surface area contributed by atoms with Gasteiger partial charge in [0.25, 0.3) is 0 Å². The molecular formula is C15H16Br2N2. The van der Waals surface area contributed by atoms with Crippen molar-refractivity contribution in [3.8, 4) is 0 Å². The van der Waals surface area contributed by atoms with Gasteiger partial charge in [-0.15, -0.1) is 0 Å². The Morgan fingerprint density at radius 3 is 2.47 bits per heavy atom. The largest absolute Gasteiger partial charge is 0.306 e. The van der Waals surface area contributed by atoms with Crippen molar-refractivity contribution in [3.05, 3.63) is 62.8 Å². The van der Waals surface area contributed by atoms with Gasteiger partial charge in [-0.2, -0.15) is 0 Å². The molecule has 1 heterocycles. The van der Waals surface area contributed by atoms with Crippen molar-refractivity contribution in [2.24, 2.45) is 0 Å². The van der Waals surface area contributed by atoms with Crippen molar-refractivity contribution in [1.82, 2.24) is 10.3 Å². The first-order valence-corrected chi connectivity index (χ1v) is 7.86. The minimum absolute atomic E-state index is 0.368. The first kappa shape index (κ1) is 14.7. The quantitative estimate of drug-likeness (QED) is 0.798. The van der Waals surface area contributed by atoms with Crippen LogP contribution in [-0.4, -0.2) is 4.98 Å². The van der Waals surface area contributed by atoms with Crippen LogP contribution >= 0.6 is 31.9 Å². The molecule has 0 aliphatic carbocycles. The molecule has 100 valence electrons. The third-order valence-corrected chi connectivity index (χ3v) is 3.96. The molecule has 0 aliphatic rings. The van der Waals surface area contributed by atoms with E-state index in [9.17, 15) is 0 Å². The summed E-state index contributed by atoms with van der Waals surface area (Å²) < 4.78 is 2.13. The SMILES string of the molecule is CCC(NCc1cncc(Br)c1)c1ccc(Br)cc1. The van der Waals surface area contributed by atoms with Gasteiger partial charge >= 0.3 is 0 Å². The Kier molecular flexibility index (Phi) is 5.55. The topological polar surface area (TPSA) is 24.9 Å². The van der Waals surface area contributed by atoms with Crippen molar-refractivity contribution in [2.75, 3.05) is 0 Å². The van der Waals surface area contributed by atoms with Crippen molar-refractivity contribution in [2.45, 2.75) is 25.9 Å². The zero-order valence-corrected chi connectivity index (χ0v) is 13.9. The lowest BCUT2D eigenvalue weighted by atomic mass is 10.0. The summed E-state index contributed by atoms with van der Waals surface area (Å²) in [7, 11) is 0. The second-order valence-electron chi connectivity index (χ2n) is 4.40. The van der Waals surface area contributed by atoms with Crippen molar-refractivity contribution >= 4 is 31.9 Å². The molecule has 1 unspecified atom stereocenters. The number of benzene rings is 1. The zero-order valence-electron chi connectivity index (χ0n) is 10.7. The highest BCUT2D eigenvalue weighted by molar-refractivity contribution is 9.10. The second kappa shape index (κ2) is 7.17. The molecule has 1 aromatic carbocycles. The molecule has 2 nitrogen and oxygen atoms in total. The molecule has 0 bridgehead atoms. The highest BCUT2D eigenvalue weighted by Gasteiger charge is 2.08. The molecule has 0 amide bonds. The number of hydrogen-bond acceptors (Lipinski definition) is 2. The van der Waals surface area contributed by atoms with Gasteiger partial charge in [0.1, 0.15) is 0 Å². The van der Waals surface area contributed by atoms with Crippen LogP contribution < -0.4 is 5.32 Å². The van der Waals surface area contributed by atoms with Crippen LogP contribution in [0.1, 0.15) is 30.5 Å². The smallest absolute Gasteiger partial charge is 0.0410 e. The Balaban J connectivity index is 2.01. The number of nitrogens with one attached hydrogen (secondary N) is 1. The molecule has 0 spiro atoms. The Morgan fingerprint density at radius 1 is 1.11 bits per heavy atom. The minimum Gasteiger partial charge on any atom is -0.306 e. The molecule has 1 N–H and O–H groups in total. The molecule has 0 saturated carbocycles. The van der Waals surface area contributed by atoms with E-state index in [4.69, 9.17) is 0 Å². The third-order valence-electron chi connectivity index (χ3n) is 2.99. The maximum atomic E-state index is 4.18. The summed E-state index contributed by atoms with van der Waals surface area (Å²) in [6, 6.07) is 10.9. The van der Waals surface area contributed by atoms with E-state index in [2.05, 4.69) is 79.4 Å². The van der Waals surface area contributed by atoms with E-state index >= 15 is 0 Å². The summed E-state index contributed by atoms with van der Waals surface area (Å²) in [5.41, 5.74) is 2.50. The fourth-order valence-corrected chi connectivity index (χ4v) is 2.66. The normalized spacial score (nSPS) is 12.4. The highest BCUT2D eigenvalue weighted by atomic mass is 79.9. The van der Waals surface area contributed by atoms with E-state index in [1.165, 1.54) is 11.1 Å². The van der Waals surface area contributed by atoms with Crippen LogP contribution in [0.2, 0.25) is 0 Å². The van der Waals surface area contributed by atoms with E-state index in [0.717, 1.165) is 21.9 Å². The lowest BCUT2D eigenvalue weighted by Gasteiger charge is -2.17. The lowest BCUT2D eigenvalue weighted by molar-refractivity contribution is 0.518. The van der Waals surface area contributed by atoms with Gasteiger partial charge in [0, 0.05) is 33.9 Å². The molecule has 0 aliphatic heterocycles. The van der Waals surface area contributed by atoms with Crippen LogP contribution in [0.5, 0.6) is 0 Å². The Morgan fingerprint density at radius 2 is 1.84 bits per heavy atom. The lowest BCUT2D eigenvalue weighted by Crippen LogP contribution is -2.20. The predicted octanol–water partition coefficient (Wildman–Crippen LogP) is 4.85. The van der Waals surface area contributed by atoms with Gasteiger partial charge in [-0.05, 0) is 51.7 Å². The first-order valence-electron chi connectivity index (χ1n) is 6.27.